The van der Waals surface area contributed by atoms with E-state index in [0.717, 1.165) is 51.6 Å². The highest BCUT2D eigenvalue weighted by molar-refractivity contribution is 5.88. The van der Waals surface area contributed by atoms with E-state index < -0.39 is 0 Å². The number of halogens is 1. The smallest absolute Gasteiger partial charge is 0.230 e. The standard InChI is InChI=1S/C19H28N2O.ClH/c1-15-7-5-8-16(13-15)19(10-3-2-4-11-19)18(22)21-17-9-6-12-20-14-17;/h5,7-8,13,17,20H,2-4,6,9-12,14H2,1H3,(H,21,22);1H. The van der Waals surface area contributed by atoms with Crippen LogP contribution in [0.4, 0.5) is 0 Å². The second-order valence-corrected chi connectivity index (χ2v) is 7.03. The summed E-state index contributed by atoms with van der Waals surface area (Å²) >= 11 is 0. The Balaban J connectivity index is 0.00000192. The fraction of sp³-hybridized carbons (Fsp3) is 0.632. The minimum atomic E-state index is -0.304. The molecule has 1 aliphatic carbocycles. The number of aryl methyl sites for hydroxylation is 1. The van der Waals surface area contributed by atoms with Crippen molar-refractivity contribution in [1.29, 1.82) is 0 Å². The van der Waals surface area contributed by atoms with Gasteiger partial charge in [0.2, 0.25) is 5.91 Å². The zero-order valence-electron chi connectivity index (χ0n) is 14.1. The molecule has 23 heavy (non-hydrogen) atoms. The van der Waals surface area contributed by atoms with Gasteiger partial charge in [-0.25, -0.2) is 0 Å². The molecule has 1 amide bonds. The Labute approximate surface area is 146 Å². The molecule has 0 aromatic heterocycles. The molecule has 0 radical (unpaired) electrons. The van der Waals surface area contributed by atoms with Gasteiger partial charge in [-0.05, 0) is 44.7 Å². The first-order chi connectivity index (χ1) is 10.7. The van der Waals surface area contributed by atoms with E-state index >= 15 is 0 Å². The van der Waals surface area contributed by atoms with E-state index in [9.17, 15) is 4.79 Å². The SMILES string of the molecule is Cc1cccc(C2(C(=O)NC3CCCNC3)CCCCC2)c1.Cl. The van der Waals surface area contributed by atoms with Gasteiger partial charge in [0.15, 0.2) is 0 Å². The summed E-state index contributed by atoms with van der Waals surface area (Å²) < 4.78 is 0. The van der Waals surface area contributed by atoms with Gasteiger partial charge in [-0.15, -0.1) is 12.4 Å². The topological polar surface area (TPSA) is 41.1 Å². The maximum Gasteiger partial charge on any atom is 0.230 e. The van der Waals surface area contributed by atoms with Crippen LogP contribution in [0.15, 0.2) is 24.3 Å². The van der Waals surface area contributed by atoms with Crippen molar-refractivity contribution in [2.45, 2.75) is 63.3 Å². The summed E-state index contributed by atoms with van der Waals surface area (Å²) in [6, 6.07) is 8.87. The Kier molecular flexibility index (Phi) is 6.49. The average molecular weight is 337 g/mol. The Bertz CT molecular complexity index is 520. The molecule has 128 valence electrons. The monoisotopic (exact) mass is 336 g/mol. The minimum absolute atomic E-state index is 0. The van der Waals surface area contributed by atoms with Crippen LogP contribution in [0, 0.1) is 6.92 Å². The van der Waals surface area contributed by atoms with E-state index in [0.29, 0.717) is 6.04 Å². The van der Waals surface area contributed by atoms with Crippen molar-refractivity contribution in [2.24, 2.45) is 0 Å². The van der Waals surface area contributed by atoms with Crippen molar-refractivity contribution >= 4 is 18.3 Å². The molecule has 1 saturated carbocycles. The third kappa shape index (κ3) is 4.07. The predicted molar refractivity (Wildman–Crippen MR) is 97.2 cm³/mol. The fourth-order valence-corrected chi connectivity index (χ4v) is 4.04. The molecule has 2 N–H and O–H groups in total. The van der Waals surface area contributed by atoms with Crippen LogP contribution in [0.5, 0.6) is 0 Å². The molecular formula is C19H29ClN2O. The van der Waals surface area contributed by atoms with E-state index in [1.54, 1.807) is 0 Å². The molecule has 1 heterocycles. The normalized spacial score (nSPS) is 23.6. The number of carbonyl (C=O) groups is 1. The van der Waals surface area contributed by atoms with Gasteiger partial charge >= 0.3 is 0 Å². The first-order valence-corrected chi connectivity index (χ1v) is 8.79. The second-order valence-electron chi connectivity index (χ2n) is 7.03. The maximum absolute atomic E-state index is 13.2. The number of amides is 1. The lowest BCUT2D eigenvalue weighted by Gasteiger charge is -2.38. The fourth-order valence-electron chi connectivity index (χ4n) is 4.04. The highest BCUT2D eigenvalue weighted by Crippen LogP contribution is 2.40. The first kappa shape index (κ1) is 18.3. The average Bonchev–Trinajstić information content (AvgIpc) is 2.56. The lowest BCUT2D eigenvalue weighted by atomic mass is 9.68. The predicted octanol–water partition coefficient (Wildman–Crippen LogP) is 3.49. The van der Waals surface area contributed by atoms with Crippen LogP contribution >= 0.6 is 12.4 Å². The van der Waals surface area contributed by atoms with Gasteiger partial charge in [-0.3, -0.25) is 4.79 Å². The highest BCUT2D eigenvalue weighted by atomic mass is 35.5. The quantitative estimate of drug-likeness (QED) is 0.887. The summed E-state index contributed by atoms with van der Waals surface area (Å²) in [4.78, 5) is 13.2. The lowest BCUT2D eigenvalue weighted by molar-refractivity contribution is -0.129. The molecule has 4 heteroatoms. The Morgan fingerprint density at radius 2 is 2.00 bits per heavy atom. The van der Waals surface area contributed by atoms with E-state index in [4.69, 9.17) is 0 Å². The molecule has 3 nitrogen and oxygen atoms in total. The number of nitrogens with one attached hydrogen (secondary N) is 2. The zero-order valence-corrected chi connectivity index (χ0v) is 14.9. The van der Waals surface area contributed by atoms with Crippen LogP contribution in [0.25, 0.3) is 0 Å². The van der Waals surface area contributed by atoms with Crippen LogP contribution < -0.4 is 10.6 Å². The molecular weight excluding hydrogens is 308 g/mol. The molecule has 0 bridgehead atoms. The third-order valence-electron chi connectivity index (χ3n) is 5.34. The number of carbonyl (C=O) groups excluding carboxylic acids is 1. The largest absolute Gasteiger partial charge is 0.351 e. The molecule has 0 spiro atoms. The molecule has 2 fully saturated rings. The maximum atomic E-state index is 13.2. The van der Waals surface area contributed by atoms with Crippen molar-refractivity contribution in [3.63, 3.8) is 0 Å². The summed E-state index contributed by atoms with van der Waals surface area (Å²) in [7, 11) is 0. The molecule has 1 atom stereocenters. The molecule has 2 aliphatic rings. The van der Waals surface area contributed by atoms with Crippen LogP contribution in [-0.2, 0) is 10.2 Å². The number of hydrogen-bond donors (Lipinski definition) is 2. The molecule has 1 aromatic carbocycles. The van der Waals surface area contributed by atoms with Gasteiger partial charge in [-0.2, -0.15) is 0 Å². The minimum Gasteiger partial charge on any atom is -0.351 e. The van der Waals surface area contributed by atoms with Gasteiger partial charge in [0.25, 0.3) is 0 Å². The Morgan fingerprint density at radius 3 is 2.65 bits per heavy atom. The van der Waals surface area contributed by atoms with Gasteiger partial charge in [0.1, 0.15) is 0 Å². The summed E-state index contributed by atoms with van der Waals surface area (Å²) in [5.41, 5.74) is 2.16. The summed E-state index contributed by atoms with van der Waals surface area (Å²) in [6.07, 6.45) is 7.80. The van der Waals surface area contributed by atoms with Gasteiger partial charge in [0, 0.05) is 12.6 Å². The summed E-state index contributed by atoms with van der Waals surface area (Å²) in [6.45, 7) is 4.11. The van der Waals surface area contributed by atoms with E-state index in [-0.39, 0.29) is 23.7 Å². The summed E-state index contributed by atoms with van der Waals surface area (Å²) in [5.74, 6) is 0.256. The number of hydrogen-bond acceptors (Lipinski definition) is 2. The molecule has 1 saturated heterocycles. The van der Waals surface area contributed by atoms with Gasteiger partial charge in [-0.1, -0.05) is 49.1 Å². The van der Waals surface area contributed by atoms with Crippen LogP contribution in [0.3, 0.4) is 0 Å². The van der Waals surface area contributed by atoms with Crippen LogP contribution in [0.1, 0.15) is 56.1 Å². The van der Waals surface area contributed by atoms with Gasteiger partial charge in [0.05, 0.1) is 5.41 Å². The van der Waals surface area contributed by atoms with E-state index in [1.807, 2.05) is 0 Å². The lowest BCUT2D eigenvalue weighted by Crippen LogP contribution is -2.53. The van der Waals surface area contributed by atoms with Crippen molar-refractivity contribution < 1.29 is 4.79 Å². The highest BCUT2D eigenvalue weighted by Gasteiger charge is 2.41. The van der Waals surface area contributed by atoms with Crippen molar-refractivity contribution in [3.8, 4) is 0 Å². The van der Waals surface area contributed by atoms with Crippen LogP contribution in [-0.4, -0.2) is 25.0 Å². The number of benzene rings is 1. The number of rotatable bonds is 3. The third-order valence-corrected chi connectivity index (χ3v) is 5.34. The molecule has 1 unspecified atom stereocenters. The molecule has 1 aromatic rings. The van der Waals surface area contributed by atoms with Crippen LogP contribution in [0.2, 0.25) is 0 Å². The van der Waals surface area contributed by atoms with Crippen molar-refractivity contribution in [1.82, 2.24) is 10.6 Å². The van der Waals surface area contributed by atoms with Gasteiger partial charge < -0.3 is 10.6 Å². The Morgan fingerprint density at radius 1 is 1.22 bits per heavy atom. The summed E-state index contributed by atoms with van der Waals surface area (Å²) in [5, 5.41) is 6.74. The first-order valence-electron chi connectivity index (χ1n) is 8.79. The zero-order chi connectivity index (χ0) is 15.4. The molecule has 1 aliphatic heterocycles. The molecule has 3 rings (SSSR count). The van der Waals surface area contributed by atoms with E-state index in [2.05, 4.69) is 41.8 Å². The van der Waals surface area contributed by atoms with Crippen molar-refractivity contribution in [2.75, 3.05) is 13.1 Å². The second kappa shape index (κ2) is 8.16. The van der Waals surface area contributed by atoms with E-state index in [1.165, 1.54) is 17.5 Å². The number of piperidine rings is 1. The Hall–Kier alpha value is -1.06. The van der Waals surface area contributed by atoms with Crippen molar-refractivity contribution in [3.05, 3.63) is 35.4 Å².